The molecular formula is C20H24N2O. The van der Waals surface area contributed by atoms with Crippen molar-refractivity contribution in [3.63, 3.8) is 0 Å². The van der Waals surface area contributed by atoms with Crippen molar-refractivity contribution in [2.75, 3.05) is 6.61 Å². The van der Waals surface area contributed by atoms with Crippen LogP contribution in [0.5, 0.6) is 5.75 Å². The van der Waals surface area contributed by atoms with E-state index in [1.54, 1.807) is 0 Å². The first-order valence-electron chi connectivity index (χ1n) is 8.31. The number of hydrogen-bond acceptors (Lipinski definition) is 2. The van der Waals surface area contributed by atoms with E-state index in [1.807, 2.05) is 6.33 Å². The fourth-order valence-corrected chi connectivity index (χ4v) is 2.74. The van der Waals surface area contributed by atoms with Crippen molar-refractivity contribution >= 4 is 11.0 Å². The molecule has 3 heteroatoms. The summed E-state index contributed by atoms with van der Waals surface area (Å²) in [5.41, 5.74) is 6.23. The average molecular weight is 308 g/mol. The summed E-state index contributed by atoms with van der Waals surface area (Å²) in [6.45, 7) is 8.08. The second-order valence-electron chi connectivity index (χ2n) is 6.06. The SMILES string of the molecule is CCc1ccc(OCCCn2cnc3cc(C)c(C)cc32)cc1. The summed E-state index contributed by atoms with van der Waals surface area (Å²) in [4.78, 5) is 4.50. The van der Waals surface area contributed by atoms with Gasteiger partial charge in [0.2, 0.25) is 0 Å². The third-order valence-corrected chi connectivity index (χ3v) is 4.38. The van der Waals surface area contributed by atoms with Crippen molar-refractivity contribution in [2.45, 2.75) is 40.2 Å². The number of aromatic nitrogens is 2. The summed E-state index contributed by atoms with van der Waals surface area (Å²) in [5.74, 6) is 0.948. The Kier molecular flexibility index (Phi) is 4.65. The molecule has 23 heavy (non-hydrogen) atoms. The van der Waals surface area contributed by atoms with E-state index in [2.05, 4.69) is 66.7 Å². The Morgan fingerprint density at radius 2 is 1.78 bits per heavy atom. The maximum absolute atomic E-state index is 5.82. The number of fused-ring (bicyclic) bond motifs is 1. The number of hydrogen-bond donors (Lipinski definition) is 0. The minimum absolute atomic E-state index is 0.718. The largest absolute Gasteiger partial charge is 0.494 e. The molecule has 0 saturated heterocycles. The monoisotopic (exact) mass is 308 g/mol. The highest BCUT2D eigenvalue weighted by Gasteiger charge is 2.05. The van der Waals surface area contributed by atoms with Crippen molar-refractivity contribution in [2.24, 2.45) is 0 Å². The maximum Gasteiger partial charge on any atom is 0.119 e. The summed E-state index contributed by atoms with van der Waals surface area (Å²) in [7, 11) is 0. The standard InChI is InChI=1S/C20H24N2O/c1-4-17-6-8-18(9-7-17)23-11-5-10-22-14-21-19-12-15(2)16(3)13-20(19)22/h6-9,12-14H,4-5,10-11H2,1-3H3. The third-order valence-electron chi connectivity index (χ3n) is 4.38. The van der Waals surface area contributed by atoms with E-state index < -0.39 is 0 Å². The molecule has 0 unspecified atom stereocenters. The van der Waals surface area contributed by atoms with Crippen molar-refractivity contribution < 1.29 is 4.74 Å². The van der Waals surface area contributed by atoms with Crippen molar-refractivity contribution in [1.29, 1.82) is 0 Å². The molecule has 0 aliphatic rings. The fraction of sp³-hybridized carbons (Fsp3) is 0.350. The number of ether oxygens (including phenoxy) is 1. The molecule has 3 rings (SSSR count). The molecule has 0 fully saturated rings. The van der Waals surface area contributed by atoms with Gasteiger partial charge in [0.25, 0.3) is 0 Å². The number of rotatable bonds is 6. The molecule has 3 aromatic rings. The second kappa shape index (κ2) is 6.86. The van der Waals surface area contributed by atoms with Gasteiger partial charge in [0.05, 0.1) is 24.0 Å². The summed E-state index contributed by atoms with van der Waals surface area (Å²) in [5, 5.41) is 0. The molecular weight excluding hydrogens is 284 g/mol. The molecule has 0 bridgehead atoms. The first-order chi connectivity index (χ1) is 11.2. The highest BCUT2D eigenvalue weighted by atomic mass is 16.5. The lowest BCUT2D eigenvalue weighted by Crippen LogP contribution is -2.04. The Labute approximate surface area is 137 Å². The van der Waals surface area contributed by atoms with Gasteiger partial charge in [-0.3, -0.25) is 0 Å². The highest BCUT2D eigenvalue weighted by Crippen LogP contribution is 2.19. The third kappa shape index (κ3) is 3.55. The normalized spacial score (nSPS) is 11.1. The number of nitrogens with zero attached hydrogens (tertiary/aromatic N) is 2. The number of aryl methyl sites for hydroxylation is 4. The predicted molar refractivity (Wildman–Crippen MR) is 95.1 cm³/mol. The van der Waals surface area contributed by atoms with Gasteiger partial charge in [-0.25, -0.2) is 4.98 Å². The molecule has 2 aromatic carbocycles. The lowest BCUT2D eigenvalue weighted by Gasteiger charge is -2.08. The van der Waals surface area contributed by atoms with E-state index >= 15 is 0 Å². The molecule has 120 valence electrons. The maximum atomic E-state index is 5.82. The number of benzene rings is 2. The van der Waals surface area contributed by atoms with Gasteiger partial charge in [-0.15, -0.1) is 0 Å². The Hall–Kier alpha value is -2.29. The van der Waals surface area contributed by atoms with E-state index in [9.17, 15) is 0 Å². The second-order valence-corrected chi connectivity index (χ2v) is 6.06. The van der Waals surface area contributed by atoms with Gasteiger partial charge in [-0.2, -0.15) is 0 Å². The predicted octanol–water partition coefficient (Wildman–Crippen LogP) is 4.68. The van der Waals surface area contributed by atoms with Crippen LogP contribution in [0.3, 0.4) is 0 Å². The zero-order chi connectivity index (χ0) is 16.2. The molecule has 0 amide bonds. The van der Waals surface area contributed by atoms with Crippen LogP contribution >= 0.6 is 0 Å². The van der Waals surface area contributed by atoms with E-state index in [4.69, 9.17) is 4.74 Å². The van der Waals surface area contributed by atoms with Gasteiger partial charge in [0.1, 0.15) is 5.75 Å². The molecule has 0 spiro atoms. The molecule has 0 radical (unpaired) electrons. The molecule has 0 aliphatic heterocycles. The Morgan fingerprint density at radius 3 is 2.52 bits per heavy atom. The smallest absolute Gasteiger partial charge is 0.119 e. The lowest BCUT2D eigenvalue weighted by molar-refractivity contribution is 0.302. The van der Waals surface area contributed by atoms with Gasteiger partial charge in [-0.1, -0.05) is 19.1 Å². The van der Waals surface area contributed by atoms with Crippen LogP contribution < -0.4 is 4.74 Å². The van der Waals surface area contributed by atoms with Gasteiger partial charge >= 0.3 is 0 Å². The van der Waals surface area contributed by atoms with Crippen LogP contribution in [-0.4, -0.2) is 16.2 Å². The van der Waals surface area contributed by atoms with Crippen LogP contribution in [0, 0.1) is 13.8 Å². The van der Waals surface area contributed by atoms with Crippen molar-refractivity contribution in [3.05, 3.63) is 59.4 Å². The van der Waals surface area contributed by atoms with E-state index in [0.717, 1.165) is 37.3 Å². The molecule has 0 N–H and O–H groups in total. The van der Waals surface area contributed by atoms with Gasteiger partial charge in [0, 0.05) is 6.54 Å². The highest BCUT2D eigenvalue weighted by molar-refractivity contribution is 5.77. The zero-order valence-corrected chi connectivity index (χ0v) is 14.2. The van der Waals surface area contributed by atoms with E-state index in [-0.39, 0.29) is 0 Å². The average Bonchev–Trinajstić information content (AvgIpc) is 2.94. The first kappa shape index (κ1) is 15.6. The van der Waals surface area contributed by atoms with Gasteiger partial charge in [0.15, 0.2) is 0 Å². The van der Waals surface area contributed by atoms with Gasteiger partial charge < -0.3 is 9.30 Å². The van der Waals surface area contributed by atoms with Crippen molar-refractivity contribution in [3.8, 4) is 5.75 Å². The van der Waals surface area contributed by atoms with Crippen LogP contribution in [0.2, 0.25) is 0 Å². The van der Waals surface area contributed by atoms with Crippen LogP contribution in [0.1, 0.15) is 30.0 Å². The molecule has 0 aliphatic carbocycles. The number of imidazole rings is 1. The fourth-order valence-electron chi connectivity index (χ4n) is 2.74. The van der Waals surface area contributed by atoms with Crippen LogP contribution in [0.4, 0.5) is 0 Å². The molecule has 0 saturated carbocycles. The molecule has 1 aromatic heterocycles. The Morgan fingerprint density at radius 1 is 1.04 bits per heavy atom. The Balaban J connectivity index is 1.57. The first-order valence-corrected chi connectivity index (χ1v) is 8.31. The van der Waals surface area contributed by atoms with Crippen LogP contribution in [-0.2, 0) is 13.0 Å². The molecule has 3 nitrogen and oxygen atoms in total. The van der Waals surface area contributed by atoms with Crippen molar-refractivity contribution in [1.82, 2.24) is 9.55 Å². The molecule has 1 heterocycles. The summed E-state index contributed by atoms with van der Waals surface area (Å²) in [6, 6.07) is 12.7. The summed E-state index contributed by atoms with van der Waals surface area (Å²) >= 11 is 0. The zero-order valence-electron chi connectivity index (χ0n) is 14.2. The van der Waals surface area contributed by atoms with E-state index in [1.165, 1.54) is 22.2 Å². The minimum atomic E-state index is 0.718. The Bertz CT molecular complexity index is 787. The van der Waals surface area contributed by atoms with Crippen LogP contribution in [0.25, 0.3) is 11.0 Å². The van der Waals surface area contributed by atoms with Crippen LogP contribution in [0.15, 0.2) is 42.7 Å². The lowest BCUT2D eigenvalue weighted by atomic mass is 10.1. The minimum Gasteiger partial charge on any atom is -0.494 e. The van der Waals surface area contributed by atoms with Gasteiger partial charge in [-0.05, 0) is 67.6 Å². The summed E-state index contributed by atoms with van der Waals surface area (Å²) < 4.78 is 8.04. The molecule has 0 atom stereocenters. The summed E-state index contributed by atoms with van der Waals surface area (Å²) in [6.07, 6.45) is 3.96. The van der Waals surface area contributed by atoms with E-state index in [0.29, 0.717) is 0 Å². The topological polar surface area (TPSA) is 27.1 Å². The quantitative estimate of drug-likeness (QED) is 0.618.